The van der Waals surface area contributed by atoms with Gasteiger partial charge in [0.25, 0.3) is 11.8 Å². The van der Waals surface area contributed by atoms with Gasteiger partial charge in [-0.05, 0) is 12.8 Å². The molecule has 118 valence electrons. The number of nitrogens with zero attached hydrogens (tertiary/aromatic N) is 2. The molecule has 0 saturated carbocycles. The van der Waals surface area contributed by atoms with Crippen LogP contribution >= 0.6 is 0 Å². The normalized spacial score (nSPS) is 17.6. The molecule has 0 radical (unpaired) electrons. The Labute approximate surface area is 124 Å². The molecule has 1 heterocycles. The Hall–Kier alpha value is -1.92. The summed E-state index contributed by atoms with van der Waals surface area (Å²) < 4.78 is 0. The largest absolute Gasteiger partial charge is 0.349 e. The summed E-state index contributed by atoms with van der Waals surface area (Å²) in [7, 11) is 3.30. The number of hydroxylamine groups is 2. The first-order valence-electron chi connectivity index (χ1n) is 7.06. The molecular formula is C14H22N2O5. The third-order valence-electron chi connectivity index (χ3n) is 3.51. The van der Waals surface area contributed by atoms with Crippen molar-refractivity contribution in [3.8, 4) is 0 Å². The summed E-state index contributed by atoms with van der Waals surface area (Å²) in [5, 5.41) is 0.545. The summed E-state index contributed by atoms with van der Waals surface area (Å²) in [6.07, 6.45) is 0.930. The van der Waals surface area contributed by atoms with Gasteiger partial charge in [-0.3, -0.25) is 14.4 Å². The maximum atomic E-state index is 12.1. The van der Waals surface area contributed by atoms with E-state index in [9.17, 15) is 19.2 Å². The predicted octanol–water partition coefficient (Wildman–Crippen LogP) is 0.734. The van der Waals surface area contributed by atoms with Crippen LogP contribution in [-0.2, 0) is 24.0 Å². The van der Waals surface area contributed by atoms with Crippen molar-refractivity contribution in [2.45, 2.75) is 39.5 Å². The Bertz CT molecular complexity index is 431. The van der Waals surface area contributed by atoms with Crippen molar-refractivity contribution >= 4 is 23.7 Å². The van der Waals surface area contributed by atoms with Crippen LogP contribution in [0.4, 0.5) is 0 Å². The zero-order valence-electron chi connectivity index (χ0n) is 12.9. The monoisotopic (exact) mass is 298 g/mol. The Kier molecular flexibility index (Phi) is 5.87. The molecule has 0 aliphatic carbocycles. The fourth-order valence-corrected chi connectivity index (χ4v) is 2.22. The lowest BCUT2D eigenvalue weighted by atomic mass is 9.93. The van der Waals surface area contributed by atoms with E-state index in [0.29, 0.717) is 17.9 Å². The van der Waals surface area contributed by atoms with E-state index in [2.05, 4.69) is 0 Å². The van der Waals surface area contributed by atoms with E-state index in [4.69, 9.17) is 4.84 Å². The molecule has 3 amide bonds. The Balaban J connectivity index is 2.63. The summed E-state index contributed by atoms with van der Waals surface area (Å²) in [5.74, 6) is -2.57. The van der Waals surface area contributed by atoms with Crippen LogP contribution in [0.5, 0.6) is 0 Å². The summed E-state index contributed by atoms with van der Waals surface area (Å²) in [4.78, 5) is 53.1. The van der Waals surface area contributed by atoms with E-state index >= 15 is 0 Å². The number of carbonyl (C=O) groups is 4. The molecule has 1 saturated heterocycles. The van der Waals surface area contributed by atoms with E-state index in [1.165, 1.54) is 4.90 Å². The first-order chi connectivity index (χ1) is 9.77. The number of amides is 3. The first-order valence-corrected chi connectivity index (χ1v) is 7.06. The molecule has 1 aliphatic heterocycles. The minimum Gasteiger partial charge on any atom is -0.349 e. The van der Waals surface area contributed by atoms with Crippen molar-refractivity contribution in [2.24, 2.45) is 11.8 Å². The average molecular weight is 298 g/mol. The Morgan fingerprint density at radius 2 is 1.76 bits per heavy atom. The summed E-state index contributed by atoms with van der Waals surface area (Å²) >= 11 is 0. The standard InChI is InChI=1S/C14H22N2O5/c1-5-10(8-9(2)13(19)15(3)4)14(20)21-16-11(17)6-7-12(16)18/h9-10H,5-8H2,1-4H3. The number of imide groups is 1. The minimum absolute atomic E-state index is 0.0679. The molecule has 7 nitrogen and oxygen atoms in total. The van der Waals surface area contributed by atoms with Crippen LogP contribution in [0, 0.1) is 11.8 Å². The minimum atomic E-state index is -0.639. The van der Waals surface area contributed by atoms with Gasteiger partial charge in [0, 0.05) is 32.9 Å². The smallest absolute Gasteiger partial charge is 0.336 e. The average Bonchev–Trinajstić information content (AvgIpc) is 2.75. The van der Waals surface area contributed by atoms with Gasteiger partial charge in [-0.2, -0.15) is 0 Å². The van der Waals surface area contributed by atoms with Crippen LogP contribution in [0.15, 0.2) is 0 Å². The molecule has 0 aromatic carbocycles. The quantitative estimate of drug-likeness (QED) is 0.675. The molecular weight excluding hydrogens is 276 g/mol. The van der Waals surface area contributed by atoms with Crippen LogP contribution in [0.3, 0.4) is 0 Å². The Morgan fingerprint density at radius 3 is 2.19 bits per heavy atom. The van der Waals surface area contributed by atoms with E-state index in [1.807, 2.05) is 0 Å². The van der Waals surface area contributed by atoms with Crippen molar-refractivity contribution in [3.63, 3.8) is 0 Å². The molecule has 0 bridgehead atoms. The van der Waals surface area contributed by atoms with Crippen molar-refractivity contribution in [1.29, 1.82) is 0 Å². The predicted molar refractivity (Wildman–Crippen MR) is 73.4 cm³/mol. The molecule has 2 atom stereocenters. The third-order valence-corrected chi connectivity index (χ3v) is 3.51. The molecule has 1 rings (SSSR count). The van der Waals surface area contributed by atoms with Crippen LogP contribution in [-0.4, -0.2) is 47.7 Å². The van der Waals surface area contributed by atoms with Crippen LogP contribution in [0.1, 0.15) is 39.5 Å². The topological polar surface area (TPSA) is 84.0 Å². The van der Waals surface area contributed by atoms with E-state index in [1.54, 1.807) is 27.9 Å². The van der Waals surface area contributed by atoms with E-state index in [0.717, 1.165) is 0 Å². The van der Waals surface area contributed by atoms with Crippen LogP contribution in [0.2, 0.25) is 0 Å². The van der Waals surface area contributed by atoms with Gasteiger partial charge >= 0.3 is 5.97 Å². The number of hydrogen-bond donors (Lipinski definition) is 0. The lowest BCUT2D eigenvalue weighted by Crippen LogP contribution is -2.36. The molecule has 1 aliphatic rings. The van der Waals surface area contributed by atoms with Gasteiger partial charge < -0.3 is 9.74 Å². The second-order valence-electron chi connectivity index (χ2n) is 5.47. The number of hydrogen-bond acceptors (Lipinski definition) is 5. The van der Waals surface area contributed by atoms with Crippen molar-refractivity contribution < 1.29 is 24.0 Å². The van der Waals surface area contributed by atoms with Crippen LogP contribution < -0.4 is 0 Å². The molecule has 0 aromatic heterocycles. The maximum absolute atomic E-state index is 12.1. The van der Waals surface area contributed by atoms with Gasteiger partial charge in [0.2, 0.25) is 5.91 Å². The third kappa shape index (κ3) is 4.27. The van der Waals surface area contributed by atoms with Gasteiger partial charge in [0.05, 0.1) is 5.92 Å². The molecule has 0 spiro atoms. The van der Waals surface area contributed by atoms with Gasteiger partial charge in [0.15, 0.2) is 0 Å². The summed E-state index contributed by atoms with van der Waals surface area (Å²) in [6.45, 7) is 3.54. The van der Waals surface area contributed by atoms with Crippen molar-refractivity contribution in [2.75, 3.05) is 14.1 Å². The lowest BCUT2D eigenvalue weighted by molar-refractivity contribution is -0.201. The fraction of sp³-hybridized carbons (Fsp3) is 0.714. The van der Waals surface area contributed by atoms with Crippen molar-refractivity contribution in [1.82, 2.24) is 9.96 Å². The fourth-order valence-electron chi connectivity index (χ4n) is 2.22. The van der Waals surface area contributed by atoms with Gasteiger partial charge in [-0.25, -0.2) is 4.79 Å². The zero-order valence-corrected chi connectivity index (χ0v) is 12.9. The summed E-state index contributed by atoms with van der Waals surface area (Å²) in [5.41, 5.74) is 0. The number of carbonyl (C=O) groups excluding carboxylic acids is 4. The summed E-state index contributed by atoms with van der Waals surface area (Å²) in [6, 6.07) is 0. The maximum Gasteiger partial charge on any atom is 0.336 e. The molecule has 0 N–H and O–H groups in total. The number of rotatable bonds is 6. The van der Waals surface area contributed by atoms with E-state index in [-0.39, 0.29) is 24.7 Å². The van der Waals surface area contributed by atoms with Gasteiger partial charge in [0.1, 0.15) is 0 Å². The molecule has 1 fully saturated rings. The van der Waals surface area contributed by atoms with Gasteiger partial charge in [-0.1, -0.05) is 13.8 Å². The van der Waals surface area contributed by atoms with Gasteiger partial charge in [-0.15, -0.1) is 5.06 Å². The molecule has 0 aromatic rings. The van der Waals surface area contributed by atoms with E-state index < -0.39 is 23.7 Å². The second-order valence-corrected chi connectivity index (χ2v) is 5.47. The highest BCUT2D eigenvalue weighted by Gasteiger charge is 2.35. The highest BCUT2D eigenvalue weighted by molar-refractivity contribution is 6.01. The second kappa shape index (κ2) is 7.19. The highest BCUT2D eigenvalue weighted by atomic mass is 16.7. The van der Waals surface area contributed by atoms with Crippen molar-refractivity contribution in [3.05, 3.63) is 0 Å². The molecule has 21 heavy (non-hydrogen) atoms. The van der Waals surface area contributed by atoms with Crippen LogP contribution in [0.25, 0.3) is 0 Å². The lowest BCUT2D eigenvalue weighted by Gasteiger charge is -2.22. The molecule has 2 unspecified atom stereocenters. The Morgan fingerprint density at radius 1 is 1.24 bits per heavy atom. The highest BCUT2D eigenvalue weighted by Crippen LogP contribution is 2.21. The first kappa shape index (κ1) is 17.1. The SMILES string of the molecule is CCC(CC(C)C(=O)N(C)C)C(=O)ON1C(=O)CCC1=O. The molecule has 7 heteroatoms. The zero-order chi connectivity index (χ0) is 16.2.